The number of carboxylic acids is 1. The van der Waals surface area contributed by atoms with E-state index in [1.54, 1.807) is 6.92 Å². The first kappa shape index (κ1) is 13.1. The highest BCUT2D eigenvalue weighted by Gasteiger charge is 2.36. The second kappa shape index (κ2) is 4.94. The minimum Gasteiger partial charge on any atom is -0.480 e. The molecule has 0 unspecified atom stereocenters. The fourth-order valence-electron chi connectivity index (χ4n) is 1.54. The van der Waals surface area contributed by atoms with E-state index in [1.165, 1.54) is 36.1 Å². The minimum atomic E-state index is -1.23. The molecule has 7 heteroatoms. The molecule has 0 atom stereocenters. The second-order valence-corrected chi connectivity index (χ2v) is 4.10. The molecule has 0 saturated carbocycles. The zero-order valence-corrected chi connectivity index (χ0v) is 10.1. The molecule has 1 amide bonds. The summed E-state index contributed by atoms with van der Waals surface area (Å²) in [6, 6.07) is 0. The molecule has 0 radical (unpaired) electrons. The Labute approximate surface area is 99.1 Å². The lowest BCUT2D eigenvalue weighted by Gasteiger charge is -2.34. The van der Waals surface area contributed by atoms with E-state index in [9.17, 15) is 9.59 Å². The van der Waals surface area contributed by atoms with Gasteiger partial charge < -0.3 is 10.0 Å². The van der Waals surface area contributed by atoms with E-state index < -0.39 is 11.5 Å². The summed E-state index contributed by atoms with van der Waals surface area (Å²) < 4.78 is 1.36. The first-order chi connectivity index (χ1) is 7.89. The molecule has 0 aliphatic carbocycles. The number of likely N-dealkylation sites (N-methyl/N-ethyl adjacent to an activating group) is 1. The predicted octanol–water partition coefficient (Wildman–Crippen LogP) is -0.0102. The molecule has 0 aliphatic rings. The van der Waals surface area contributed by atoms with E-state index in [0.717, 1.165) is 0 Å². The summed E-state index contributed by atoms with van der Waals surface area (Å²) in [4.78, 5) is 28.1. The molecule has 1 aromatic rings. The van der Waals surface area contributed by atoms with Gasteiger partial charge in [0.1, 0.15) is 24.7 Å². The Morgan fingerprint density at radius 1 is 1.47 bits per heavy atom. The number of nitrogens with zero attached hydrogens (tertiary/aromatic N) is 4. The van der Waals surface area contributed by atoms with Crippen LogP contribution in [0.1, 0.15) is 20.8 Å². The Kier molecular flexibility index (Phi) is 3.82. The highest BCUT2D eigenvalue weighted by Crippen LogP contribution is 2.15. The van der Waals surface area contributed by atoms with Crippen molar-refractivity contribution in [3.05, 3.63) is 12.7 Å². The van der Waals surface area contributed by atoms with Gasteiger partial charge in [-0.2, -0.15) is 5.10 Å². The van der Waals surface area contributed by atoms with Crippen molar-refractivity contribution in [2.45, 2.75) is 32.9 Å². The zero-order chi connectivity index (χ0) is 13.1. The number of hydrogen-bond acceptors (Lipinski definition) is 4. The van der Waals surface area contributed by atoms with Crippen LogP contribution in [0, 0.1) is 0 Å². The summed E-state index contributed by atoms with van der Waals surface area (Å²) in [7, 11) is 0. The number of hydrogen-bond donors (Lipinski definition) is 1. The number of carbonyl (C=O) groups is 2. The Morgan fingerprint density at radius 3 is 2.53 bits per heavy atom. The Balaban J connectivity index is 2.81. The van der Waals surface area contributed by atoms with Crippen molar-refractivity contribution in [3.63, 3.8) is 0 Å². The Bertz CT molecular complexity index is 400. The Hall–Kier alpha value is -1.92. The van der Waals surface area contributed by atoms with Crippen molar-refractivity contribution in [2.75, 3.05) is 6.54 Å². The van der Waals surface area contributed by atoms with Crippen LogP contribution in [0.4, 0.5) is 0 Å². The van der Waals surface area contributed by atoms with E-state index in [2.05, 4.69) is 10.1 Å². The van der Waals surface area contributed by atoms with E-state index in [0.29, 0.717) is 6.54 Å². The molecule has 0 saturated heterocycles. The van der Waals surface area contributed by atoms with E-state index in [4.69, 9.17) is 5.11 Å². The molecule has 1 aromatic heterocycles. The van der Waals surface area contributed by atoms with Gasteiger partial charge in [-0.15, -0.1) is 0 Å². The van der Waals surface area contributed by atoms with Gasteiger partial charge in [0.05, 0.1) is 0 Å². The molecule has 94 valence electrons. The van der Waals surface area contributed by atoms with Gasteiger partial charge >= 0.3 is 5.97 Å². The SMILES string of the molecule is CCN(C(=O)Cn1cncn1)C(C)(C)C(=O)O. The highest BCUT2D eigenvalue weighted by atomic mass is 16.4. The molecule has 0 bridgehead atoms. The average Bonchev–Trinajstić information content (AvgIpc) is 2.70. The highest BCUT2D eigenvalue weighted by molar-refractivity contribution is 5.86. The van der Waals surface area contributed by atoms with Crippen LogP contribution in [-0.2, 0) is 16.1 Å². The van der Waals surface area contributed by atoms with Gasteiger partial charge in [-0.25, -0.2) is 14.5 Å². The van der Waals surface area contributed by atoms with Crippen molar-refractivity contribution in [2.24, 2.45) is 0 Å². The lowest BCUT2D eigenvalue weighted by molar-refractivity contribution is -0.157. The molecule has 17 heavy (non-hydrogen) atoms. The van der Waals surface area contributed by atoms with Gasteiger partial charge in [0, 0.05) is 6.54 Å². The predicted molar refractivity (Wildman–Crippen MR) is 59.1 cm³/mol. The van der Waals surface area contributed by atoms with E-state index >= 15 is 0 Å². The zero-order valence-electron chi connectivity index (χ0n) is 10.1. The van der Waals surface area contributed by atoms with Gasteiger partial charge in [-0.1, -0.05) is 0 Å². The molecule has 0 aromatic carbocycles. The Morgan fingerprint density at radius 2 is 2.12 bits per heavy atom. The molecular formula is C10H16N4O3. The van der Waals surface area contributed by atoms with Crippen LogP contribution in [0.3, 0.4) is 0 Å². The number of carboxylic acid groups (broad SMARTS) is 1. The van der Waals surface area contributed by atoms with E-state index in [1.807, 2.05) is 0 Å². The van der Waals surface area contributed by atoms with Gasteiger partial charge in [0.25, 0.3) is 0 Å². The molecule has 0 fully saturated rings. The largest absolute Gasteiger partial charge is 0.480 e. The first-order valence-electron chi connectivity index (χ1n) is 5.25. The minimum absolute atomic E-state index is 0.00937. The summed E-state index contributed by atoms with van der Waals surface area (Å²) >= 11 is 0. The molecule has 1 N–H and O–H groups in total. The summed E-state index contributed by atoms with van der Waals surface area (Å²) in [6.07, 6.45) is 2.74. The third-order valence-corrected chi connectivity index (χ3v) is 2.58. The van der Waals surface area contributed by atoms with Crippen molar-refractivity contribution >= 4 is 11.9 Å². The summed E-state index contributed by atoms with van der Waals surface area (Å²) in [6.45, 7) is 5.05. The molecule has 0 aliphatic heterocycles. The second-order valence-electron chi connectivity index (χ2n) is 4.10. The summed E-state index contributed by atoms with van der Waals surface area (Å²) in [5.74, 6) is -1.34. The van der Waals surface area contributed by atoms with Crippen molar-refractivity contribution < 1.29 is 14.7 Å². The topological polar surface area (TPSA) is 88.3 Å². The number of carbonyl (C=O) groups excluding carboxylic acids is 1. The van der Waals surface area contributed by atoms with Crippen molar-refractivity contribution in [3.8, 4) is 0 Å². The third kappa shape index (κ3) is 2.80. The first-order valence-corrected chi connectivity index (χ1v) is 5.25. The molecule has 1 heterocycles. The molecule has 7 nitrogen and oxygen atoms in total. The fraction of sp³-hybridized carbons (Fsp3) is 0.600. The smallest absolute Gasteiger partial charge is 0.329 e. The lowest BCUT2D eigenvalue weighted by atomic mass is 10.0. The number of aromatic nitrogens is 3. The number of amides is 1. The number of aliphatic carboxylic acids is 1. The molecular weight excluding hydrogens is 224 g/mol. The maximum absolute atomic E-state index is 12.0. The van der Waals surface area contributed by atoms with Crippen LogP contribution in [0.5, 0.6) is 0 Å². The van der Waals surface area contributed by atoms with Gasteiger partial charge in [0.2, 0.25) is 5.91 Å². The molecule has 1 rings (SSSR count). The number of rotatable bonds is 5. The van der Waals surface area contributed by atoms with Gasteiger partial charge in [-0.05, 0) is 20.8 Å². The van der Waals surface area contributed by atoms with Crippen molar-refractivity contribution in [1.82, 2.24) is 19.7 Å². The van der Waals surface area contributed by atoms with Crippen LogP contribution in [0.2, 0.25) is 0 Å². The quantitative estimate of drug-likeness (QED) is 0.782. The fourth-order valence-corrected chi connectivity index (χ4v) is 1.54. The maximum atomic E-state index is 12.0. The standard InChI is InChI=1S/C10H16N4O3/c1-4-14(10(2,3)9(16)17)8(15)5-13-7-11-6-12-13/h6-7H,4-5H2,1-3H3,(H,16,17). The van der Waals surface area contributed by atoms with Crippen LogP contribution in [0.15, 0.2) is 12.7 Å². The third-order valence-electron chi connectivity index (χ3n) is 2.58. The van der Waals surface area contributed by atoms with Gasteiger partial charge in [0.15, 0.2) is 0 Å². The summed E-state index contributed by atoms with van der Waals surface area (Å²) in [5.41, 5.74) is -1.23. The summed E-state index contributed by atoms with van der Waals surface area (Å²) in [5, 5.41) is 12.9. The van der Waals surface area contributed by atoms with Crippen LogP contribution in [0.25, 0.3) is 0 Å². The monoisotopic (exact) mass is 240 g/mol. The van der Waals surface area contributed by atoms with Gasteiger partial charge in [-0.3, -0.25) is 4.79 Å². The lowest BCUT2D eigenvalue weighted by Crippen LogP contribution is -2.53. The van der Waals surface area contributed by atoms with Crippen LogP contribution < -0.4 is 0 Å². The maximum Gasteiger partial charge on any atom is 0.329 e. The van der Waals surface area contributed by atoms with Crippen LogP contribution in [-0.4, -0.2) is 48.7 Å². The van der Waals surface area contributed by atoms with E-state index in [-0.39, 0.29) is 12.5 Å². The van der Waals surface area contributed by atoms with Crippen LogP contribution >= 0.6 is 0 Å². The van der Waals surface area contributed by atoms with Crippen molar-refractivity contribution in [1.29, 1.82) is 0 Å². The molecule has 0 spiro atoms. The average molecular weight is 240 g/mol. The normalized spacial score (nSPS) is 11.2.